The zero-order valence-corrected chi connectivity index (χ0v) is 32.6. The monoisotopic (exact) mass is 761 g/mol. The molecule has 2 aromatic heterocycles. The number of aromatic nitrogens is 1. The number of fused-ring (bicyclic) bond motifs is 14. The van der Waals surface area contributed by atoms with Crippen LogP contribution in [0.1, 0.15) is 0 Å². The van der Waals surface area contributed by atoms with E-state index < -0.39 is 0 Å². The van der Waals surface area contributed by atoms with E-state index in [4.69, 9.17) is 4.42 Å². The summed E-state index contributed by atoms with van der Waals surface area (Å²) in [7, 11) is 0. The zero-order chi connectivity index (χ0) is 39.3. The summed E-state index contributed by atoms with van der Waals surface area (Å²) in [4.78, 5) is 0. The van der Waals surface area contributed by atoms with Gasteiger partial charge in [-0.05, 0) is 120 Å². The Bertz CT molecular complexity index is 3880. The summed E-state index contributed by atoms with van der Waals surface area (Å²) in [5, 5.41) is 14.8. The lowest BCUT2D eigenvalue weighted by Gasteiger charge is -2.16. The fourth-order valence-corrected chi connectivity index (χ4v) is 10.00. The van der Waals surface area contributed by atoms with Crippen molar-refractivity contribution in [1.29, 1.82) is 0 Å². The second-order valence-electron chi connectivity index (χ2n) is 16.0. The molecule has 2 heteroatoms. The minimum atomic E-state index is 0.896. The average molecular weight is 762 g/mol. The van der Waals surface area contributed by atoms with E-state index in [1.165, 1.54) is 92.7 Å². The molecule has 0 spiro atoms. The third kappa shape index (κ3) is 4.88. The third-order valence-corrected chi connectivity index (χ3v) is 12.7. The van der Waals surface area contributed by atoms with Gasteiger partial charge in [-0.25, -0.2) is 0 Å². The Morgan fingerprint density at radius 1 is 0.300 bits per heavy atom. The van der Waals surface area contributed by atoms with Crippen LogP contribution in [0.5, 0.6) is 0 Å². The van der Waals surface area contributed by atoms with E-state index in [0.29, 0.717) is 0 Å². The van der Waals surface area contributed by atoms with Gasteiger partial charge in [0.2, 0.25) is 0 Å². The molecule has 0 bridgehead atoms. The first kappa shape index (κ1) is 33.1. The summed E-state index contributed by atoms with van der Waals surface area (Å²) in [6, 6.07) is 77.6. The molecule has 0 atom stereocenters. The maximum atomic E-state index is 6.44. The van der Waals surface area contributed by atoms with Gasteiger partial charge in [0.1, 0.15) is 11.2 Å². The fourth-order valence-electron chi connectivity index (χ4n) is 10.00. The number of para-hydroxylation sites is 1. The Morgan fingerprint density at radius 3 is 1.68 bits per heavy atom. The quantitative estimate of drug-likeness (QED) is 0.163. The minimum absolute atomic E-state index is 0.896. The molecular formula is C58H35NO. The van der Waals surface area contributed by atoms with Crippen LogP contribution in [0, 0.1) is 0 Å². The van der Waals surface area contributed by atoms with Crippen molar-refractivity contribution in [2.45, 2.75) is 0 Å². The predicted octanol–water partition coefficient (Wildman–Crippen LogP) is 16.3. The first-order valence-electron chi connectivity index (χ1n) is 20.7. The van der Waals surface area contributed by atoms with Crippen LogP contribution in [0.25, 0.3) is 126 Å². The molecule has 0 aliphatic rings. The van der Waals surface area contributed by atoms with E-state index in [1.807, 2.05) is 0 Å². The third-order valence-electron chi connectivity index (χ3n) is 12.7. The lowest BCUT2D eigenvalue weighted by Crippen LogP contribution is -1.96. The predicted molar refractivity (Wildman–Crippen MR) is 254 cm³/mol. The van der Waals surface area contributed by atoms with E-state index in [-0.39, 0.29) is 0 Å². The summed E-state index contributed by atoms with van der Waals surface area (Å²) in [5.74, 6) is 0. The van der Waals surface area contributed by atoms with Crippen molar-refractivity contribution in [2.24, 2.45) is 0 Å². The Labute approximate surface area is 345 Å². The Kier molecular flexibility index (Phi) is 7.05. The normalized spacial score (nSPS) is 12.0. The molecule has 278 valence electrons. The number of rotatable bonds is 4. The van der Waals surface area contributed by atoms with Gasteiger partial charge in [-0.1, -0.05) is 164 Å². The van der Waals surface area contributed by atoms with Gasteiger partial charge in [0.15, 0.2) is 0 Å². The average Bonchev–Trinajstić information content (AvgIpc) is 3.86. The molecule has 0 saturated heterocycles. The van der Waals surface area contributed by atoms with Gasteiger partial charge in [-0.3, -0.25) is 0 Å². The number of furan rings is 1. The second-order valence-corrected chi connectivity index (χ2v) is 16.0. The molecule has 0 N–H and O–H groups in total. The van der Waals surface area contributed by atoms with Crippen molar-refractivity contribution in [3.05, 3.63) is 212 Å². The van der Waals surface area contributed by atoms with Crippen molar-refractivity contribution in [1.82, 2.24) is 4.57 Å². The van der Waals surface area contributed by atoms with Crippen molar-refractivity contribution in [2.75, 3.05) is 0 Å². The maximum absolute atomic E-state index is 6.44. The van der Waals surface area contributed by atoms with Gasteiger partial charge in [-0.15, -0.1) is 0 Å². The molecule has 0 fully saturated rings. The van der Waals surface area contributed by atoms with E-state index in [2.05, 4.69) is 217 Å². The van der Waals surface area contributed by atoms with Crippen molar-refractivity contribution >= 4 is 86.8 Å². The SMILES string of the molecule is c1ccc(-c2cccc(-n3c4ccccc4c4ccc5c6ccccc6c6cc(-c7ccc8oc9ccc(-c%10cccc%11ccccc%10%11)cc9c8c7)ccc6c5c43)c2)cc1. The Balaban J connectivity index is 1.05. The van der Waals surface area contributed by atoms with Crippen LogP contribution in [-0.4, -0.2) is 4.57 Å². The van der Waals surface area contributed by atoms with E-state index >= 15 is 0 Å². The van der Waals surface area contributed by atoms with Gasteiger partial charge in [-0.2, -0.15) is 0 Å². The highest BCUT2D eigenvalue weighted by molar-refractivity contribution is 6.33. The van der Waals surface area contributed by atoms with Gasteiger partial charge in [0, 0.05) is 32.6 Å². The summed E-state index contributed by atoms with van der Waals surface area (Å²) in [6.07, 6.45) is 0. The maximum Gasteiger partial charge on any atom is 0.135 e. The number of hydrogen-bond donors (Lipinski definition) is 0. The molecule has 13 aromatic rings. The van der Waals surface area contributed by atoms with Crippen molar-refractivity contribution < 1.29 is 4.42 Å². The first-order valence-corrected chi connectivity index (χ1v) is 20.7. The first-order chi connectivity index (χ1) is 29.7. The Hall–Kier alpha value is -7.94. The van der Waals surface area contributed by atoms with E-state index in [1.54, 1.807) is 0 Å². The molecule has 60 heavy (non-hydrogen) atoms. The highest BCUT2D eigenvalue weighted by Gasteiger charge is 2.20. The molecule has 0 unspecified atom stereocenters. The number of hydrogen-bond acceptors (Lipinski definition) is 1. The van der Waals surface area contributed by atoms with Crippen LogP contribution in [0.3, 0.4) is 0 Å². The van der Waals surface area contributed by atoms with Gasteiger partial charge in [0.05, 0.1) is 11.0 Å². The van der Waals surface area contributed by atoms with Gasteiger partial charge >= 0.3 is 0 Å². The van der Waals surface area contributed by atoms with Crippen LogP contribution >= 0.6 is 0 Å². The van der Waals surface area contributed by atoms with Crippen LogP contribution in [0.2, 0.25) is 0 Å². The number of nitrogens with zero attached hydrogens (tertiary/aromatic N) is 1. The minimum Gasteiger partial charge on any atom is -0.456 e. The molecule has 2 heterocycles. The summed E-state index contributed by atoms with van der Waals surface area (Å²) >= 11 is 0. The molecule has 0 amide bonds. The molecule has 13 rings (SSSR count). The van der Waals surface area contributed by atoms with E-state index in [0.717, 1.165) is 33.2 Å². The standard InChI is InChI=1S/C58H35NO/c1-2-12-36(13-3-1)38-16-10-17-42(32-38)59-54-23-9-8-21-47(54)50-29-28-48-45-19-6-7-20-46(45)51-33-39(24-27-49(51)57(48)58(50)59)40-25-30-55-52(34-40)53-35-41(26-31-56(53)60-55)44-22-11-15-37-14-4-5-18-43(37)44/h1-35H. The largest absolute Gasteiger partial charge is 0.456 e. The molecule has 0 radical (unpaired) electrons. The van der Waals surface area contributed by atoms with Gasteiger partial charge < -0.3 is 8.98 Å². The second kappa shape index (κ2) is 12.8. The lowest BCUT2D eigenvalue weighted by atomic mass is 9.90. The van der Waals surface area contributed by atoms with Crippen LogP contribution < -0.4 is 0 Å². The summed E-state index contributed by atoms with van der Waals surface area (Å²) in [6.45, 7) is 0. The van der Waals surface area contributed by atoms with Crippen molar-refractivity contribution in [3.8, 4) is 39.1 Å². The molecule has 0 aliphatic heterocycles. The van der Waals surface area contributed by atoms with Gasteiger partial charge in [0.25, 0.3) is 0 Å². The summed E-state index contributed by atoms with van der Waals surface area (Å²) < 4.78 is 8.93. The molecular weight excluding hydrogens is 727 g/mol. The smallest absolute Gasteiger partial charge is 0.135 e. The fraction of sp³-hybridized carbons (Fsp3) is 0. The summed E-state index contributed by atoms with van der Waals surface area (Å²) in [5.41, 5.74) is 12.5. The molecule has 11 aromatic carbocycles. The number of benzene rings is 11. The molecule has 2 nitrogen and oxygen atoms in total. The topological polar surface area (TPSA) is 18.1 Å². The van der Waals surface area contributed by atoms with Crippen molar-refractivity contribution in [3.63, 3.8) is 0 Å². The van der Waals surface area contributed by atoms with Crippen LogP contribution in [0.4, 0.5) is 0 Å². The Morgan fingerprint density at radius 2 is 0.850 bits per heavy atom. The zero-order valence-electron chi connectivity index (χ0n) is 32.6. The van der Waals surface area contributed by atoms with Crippen LogP contribution in [-0.2, 0) is 0 Å². The molecule has 0 aliphatic carbocycles. The highest BCUT2D eigenvalue weighted by atomic mass is 16.3. The van der Waals surface area contributed by atoms with E-state index in [9.17, 15) is 0 Å². The van der Waals surface area contributed by atoms with Crippen LogP contribution in [0.15, 0.2) is 217 Å². The highest BCUT2D eigenvalue weighted by Crippen LogP contribution is 2.45. The lowest BCUT2D eigenvalue weighted by molar-refractivity contribution is 0.669. The molecule has 0 saturated carbocycles.